The molecule has 1 heterocycles. The van der Waals surface area contributed by atoms with Crippen molar-refractivity contribution in [3.05, 3.63) is 35.9 Å². The van der Waals surface area contributed by atoms with E-state index in [0.29, 0.717) is 18.7 Å². The molecule has 1 saturated heterocycles. The monoisotopic (exact) mass is 278 g/mol. The van der Waals surface area contributed by atoms with Gasteiger partial charge >= 0.3 is 0 Å². The highest BCUT2D eigenvalue weighted by atomic mass is 16.5. The first kappa shape index (κ1) is 15.0. The standard InChI is InChI=1S/C15H22N2O3/c1-10(2)17-12-9-20-13(14(12)18)8-16-15(19)11-6-4-3-5-7-11/h3-7,10,12-14,17-18H,8-9H2,1-2H3,(H,16,19)/t12-,13-,14+/m1/s1. The third kappa shape index (κ3) is 3.79. The number of nitrogens with one attached hydrogen (secondary N) is 2. The number of hydrogen-bond acceptors (Lipinski definition) is 4. The Bertz CT molecular complexity index is 436. The second-order valence-corrected chi connectivity index (χ2v) is 5.37. The number of carbonyl (C=O) groups is 1. The van der Waals surface area contributed by atoms with Gasteiger partial charge in [-0.3, -0.25) is 4.79 Å². The lowest BCUT2D eigenvalue weighted by atomic mass is 10.1. The maximum atomic E-state index is 11.9. The van der Waals surface area contributed by atoms with Crippen molar-refractivity contribution in [1.82, 2.24) is 10.6 Å². The molecule has 1 amide bonds. The van der Waals surface area contributed by atoms with E-state index >= 15 is 0 Å². The minimum Gasteiger partial charge on any atom is -0.389 e. The summed E-state index contributed by atoms with van der Waals surface area (Å²) < 4.78 is 5.54. The second kappa shape index (κ2) is 6.83. The Morgan fingerprint density at radius 2 is 2.10 bits per heavy atom. The number of benzene rings is 1. The molecule has 3 atom stereocenters. The highest BCUT2D eigenvalue weighted by Gasteiger charge is 2.35. The molecule has 1 aliphatic heterocycles. The van der Waals surface area contributed by atoms with Crippen molar-refractivity contribution in [3.63, 3.8) is 0 Å². The molecule has 1 aromatic carbocycles. The molecule has 110 valence electrons. The van der Waals surface area contributed by atoms with Crippen LogP contribution in [0.1, 0.15) is 24.2 Å². The highest BCUT2D eigenvalue weighted by Crippen LogP contribution is 2.14. The third-order valence-electron chi connectivity index (χ3n) is 3.33. The molecule has 5 nitrogen and oxygen atoms in total. The zero-order valence-corrected chi connectivity index (χ0v) is 11.9. The highest BCUT2D eigenvalue weighted by molar-refractivity contribution is 5.94. The zero-order chi connectivity index (χ0) is 14.5. The molecule has 1 aromatic rings. The van der Waals surface area contributed by atoms with Gasteiger partial charge in [-0.15, -0.1) is 0 Å². The molecule has 1 fully saturated rings. The lowest BCUT2D eigenvalue weighted by molar-refractivity contribution is 0.0397. The molecule has 0 radical (unpaired) electrons. The lowest BCUT2D eigenvalue weighted by Gasteiger charge is -2.20. The van der Waals surface area contributed by atoms with Crippen LogP contribution in [0.2, 0.25) is 0 Å². The van der Waals surface area contributed by atoms with Crippen LogP contribution >= 0.6 is 0 Å². The summed E-state index contributed by atoms with van der Waals surface area (Å²) in [6, 6.07) is 9.22. The fourth-order valence-corrected chi connectivity index (χ4v) is 2.32. The third-order valence-corrected chi connectivity index (χ3v) is 3.33. The van der Waals surface area contributed by atoms with Gasteiger partial charge in [0, 0.05) is 18.2 Å². The van der Waals surface area contributed by atoms with E-state index in [2.05, 4.69) is 10.6 Å². The summed E-state index contributed by atoms with van der Waals surface area (Å²) in [5, 5.41) is 16.2. The summed E-state index contributed by atoms with van der Waals surface area (Å²) in [6.45, 7) is 4.82. The Morgan fingerprint density at radius 1 is 1.40 bits per heavy atom. The van der Waals surface area contributed by atoms with Crippen molar-refractivity contribution in [2.45, 2.75) is 38.1 Å². The van der Waals surface area contributed by atoms with Crippen LogP contribution in [0, 0.1) is 0 Å². The van der Waals surface area contributed by atoms with Crippen molar-refractivity contribution in [2.24, 2.45) is 0 Å². The fraction of sp³-hybridized carbons (Fsp3) is 0.533. The maximum Gasteiger partial charge on any atom is 0.251 e. The SMILES string of the molecule is CC(C)N[C@@H]1CO[C@H](CNC(=O)c2ccccc2)[C@H]1O. The Hall–Kier alpha value is -1.43. The first-order valence-electron chi connectivity index (χ1n) is 6.97. The van der Waals surface area contributed by atoms with Crippen molar-refractivity contribution in [2.75, 3.05) is 13.2 Å². The molecule has 3 N–H and O–H groups in total. The number of rotatable bonds is 5. The molecule has 5 heteroatoms. The Kier molecular flexibility index (Phi) is 5.11. The Morgan fingerprint density at radius 3 is 2.75 bits per heavy atom. The number of amides is 1. The predicted molar refractivity (Wildman–Crippen MR) is 76.6 cm³/mol. The van der Waals surface area contributed by atoms with Crippen molar-refractivity contribution < 1.29 is 14.6 Å². The minimum atomic E-state index is -0.603. The van der Waals surface area contributed by atoms with Crippen LogP contribution in [-0.2, 0) is 4.74 Å². The van der Waals surface area contributed by atoms with Crippen LogP contribution in [0.3, 0.4) is 0 Å². The van der Waals surface area contributed by atoms with Crippen LogP contribution in [0.15, 0.2) is 30.3 Å². The van der Waals surface area contributed by atoms with Gasteiger partial charge in [0.25, 0.3) is 5.91 Å². The minimum absolute atomic E-state index is 0.0753. The number of carbonyl (C=O) groups excluding carboxylic acids is 1. The van der Waals surface area contributed by atoms with E-state index in [1.165, 1.54) is 0 Å². The molecule has 20 heavy (non-hydrogen) atoms. The fourth-order valence-electron chi connectivity index (χ4n) is 2.32. The normalized spacial score (nSPS) is 25.9. The molecule has 1 aliphatic rings. The molecular formula is C15H22N2O3. The second-order valence-electron chi connectivity index (χ2n) is 5.37. The molecule has 0 aromatic heterocycles. The lowest BCUT2D eigenvalue weighted by Crippen LogP contribution is -2.46. The number of hydrogen-bond donors (Lipinski definition) is 3. The summed E-state index contributed by atoms with van der Waals surface area (Å²) in [6.07, 6.45) is -0.965. The van der Waals surface area contributed by atoms with Crippen LogP contribution in [0.4, 0.5) is 0 Å². The van der Waals surface area contributed by atoms with Crippen molar-refractivity contribution in [1.29, 1.82) is 0 Å². The van der Waals surface area contributed by atoms with Gasteiger partial charge in [0.15, 0.2) is 0 Å². The van der Waals surface area contributed by atoms with E-state index in [1.807, 2.05) is 32.0 Å². The van der Waals surface area contributed by atoms with Gasteiger partial charge in [-0.1, -0.05) is 32.0 Å². The van der Waals surface area contributed by atoms with Gasteiger partial charge in [0.05, 0.1) is 18.8 Å². The Labute approximate surface area is 119 Å². The van der Waals surface area contributed by atoms with Crippen LogP contribution in [0.25, 0.3) is 0 Å². The number of aliphatic hydroxyl groups is 1. The molecule has 0 spiro atoms. The van der Waals surface area contributed by atoms with E-state index in [4.69, 9.17) is 4.74 Å². The molecule has 0 bridgehead atoms. The summed E-state index contributed by atoms with van der Waals surface area (Å²) in [4.78, 5) is 11.9. The molecule has 2 rings (SSSR count). The summed E-state index contributed by atoms with van der Waals surface area (Å²) in [7, 11) is 0. The maximum absolute atomic E-state index is 11.9. The van der Waals surface area contributed by atoms with Crippen LogP contribution in [-0.4, -0.2) is 48.5 Å². The average molecular weight is 278 g/mol. The molecule has 0 unspecified atom stereocenters. The Balaban J connectivity index is 1.82. The quantitative estimate of drug-likeness (QED) is 0.735. The first-order chi connectivity index (χ1) is 9.58. The number of ether oxygens (including phenoxy) is 1. The van der Waals surface area contributed by atoms with Gasteiger partial charge in [-0.05, 0) is 12.1 Å². The number of aliphatic hydroxyl groups excluding tert-OH is 1. The van der Waals surface area contributed by atoms with Crippen molar-refractivity contribution in [3.8, 4) is 0 Å². The average Bonchev–Trinajstić information content (AvgIpc) is 2.77. The van der Waals surface area contributed by atoms with Gasteiger partial charge in [-0.25, -0.2) is 0 Å². The van der Waals surface area contributed by atoms with Gasteiger partial charge in [0.2, 0.25) is 0 Å². The van der Waals surface area contributed by atoms with E-state index < -0.39 is 6.10 Å². The summed E-state index contributed by atoms with van der Waals surface area (Å²) in [5.41, 5.74) is 0.608. The van der Waals surface area contributed by atoms with E-state index in [-0.39, 0.29) is 24.1 Å². The first-order valence-corrected chi connectivity index (χ1v) is 6.97. The zero-order valence-electron chi connectivity index (χ0n) is 11.9. The summed E-state index contributed by atoms with van der Waals surface area (Å²) >= 11 is 0. The van der Waals surface area contributed by atoms with Crippen molar-refractivity contribution >= 4 is 5.91 Å². The molecular weight excluding hydrogens is 256 g/mol. The smallest absolute Gasteiger partial charge is 0.251 e. The van der Waals surface area contributed by atoms with Crippen LogP contribution in [0.5, 0.6) is 0 Å². The van der Waals surface area contributed by atoms with Gasteiger partial charge < -0.3 is 20.5 Å². The molecule has 0 aliphatic carbocycles. The summed E-state index contributed by atoms with van der Waals surface area (Å²) in [5.74, 6) is -0.151. The van der Waals surface area contributed by atoms with E-state index in [1.54, 1.807) is 12.1 Å². The molecule has 0 saturated carbocycles. The van der Waals surface area contributed by atoms with Gasteiger partial charge in [0.1, 0.15) is 6.10 Å². The predicted octanol–water partition coefficient (Wildman–Crippen LogP) is 0.543. The topological polar surface area (TPSA) is 70.6 Å². The van der Waals surface area contributed by atoms with E-state index in [0.717, 1.165) is 0 Å². The van der Waals surface area contributed by atoms with Crippen LogP contribution < -0.4 is 10.6 Å². The van der Waals surface area contributed by atoms with Gasteiger partial charge in [-0.2, -0.15) is 0 Å². The van der Waals surface area contributed by atoms with E-state index in [9.17, 15) is 9.90 Å². The largest absolute Gasteiger partial charge is 0.389 e.